The van der Waals surface area contributed by atoms with Crippen molar-refractivity contribution in [2.75, 3.05) is 26.2 Å². The fourth-order valence-electron chi connectivity index (χ4n) is 5.00. The Labute approximate surface area is 205 Å². The van der Waals surface area contributed by atoms with Crippen LogP contribution in [0.25, 0.3) is 0 Å². The monoisotopic (exact) mass is 471 g/mol. The SMILES string of the molecule is N#Cc1ccc(OCCCN2CCCC(C(C#N)(c3ccc(F)cc3)c3ccc(F)cc3)C2)cc1. The van der Waals surface area contributed by atoms with Crippen LogP contribution in [-0.4, -0.2) is 31.1 Å². The number of nitriles is 2. The molecule has 1 saturated heterocycles. The van der Waals surface area contributed by atoms with Crippen molar-refractivity contribution in [2.24, 2.45) is 5.92 Å². The van der Waals surface area contributed by atoms with E-state index < -0.39 is 5.41 Å². The van der Waals surface area contributed by atoms with Crippen molar-refractivity contribution in [3.8, 4) is 17.9 Å². The molecule has 1 aliphatic rings. The Morgan fingerprint density at radius 2 is 1.49 bits per heavy atom. The molecule has 1 unspecified atom stereocenters. The van der Waals surface area contributed by atoms with E-state index >= 15 is 0 Å². The molecule has 0 N–H and O–H groups in total. The summed E-state index contributed by atoms with van der Waals surface area (Å²) in [7, 11) is 0. The lowest BCUT2D eigenvalue weighted by Gasteiger charge is -2.42. The summed E-state index contributed by atoms with van der Waals surface area (Å²) < 4.78 is 33.2. The van der Waals surface area contributed by atoms with E-state index in [1.165, 1.54) is 24.3 Å². The summed E-state index contributed by atoms with van der Waals surface area (Å²) in [6, 6.07) is 23.9. The first-order valence-electron chi connectivity index (χ1n) is 11.8. The Kier molecular flexibility index (Phi) is 7.75. The average Bonchev–Trinajstić information content (AvgIpc) is 2.90. The molecular weight excluding hydrogens is 444 g/mol. The van der Waals surface area contributed by atoms with E-state index in [0.29, 0.717) is 18.7 Å². The van der Waals surface area contributed by atoms with Crippen LogP contribution in [0.15, 0.2) is 72.8 Å². The molecule has 3 aromatic carbocycles. The standard InChI is InChI=1S/C29H27F2N3O/c30-26-10-6-23(7-11-26)29(21-33,24-8-12-27(31)13-9-24)25-3-1-16-34(20-25)17-2-18-35-28-14-4-22(19-32)5-15-28/h4-15,25H,1-3,16-18,20H2. The number of nitrogens with zero attached hydrogens (tertiary/aromatic N) is 3. The Morgan fingerprint density at radius 1 is 0.886 bits per heavy atom. The number of piperidine rings is 1. The number of hydrogen-bond donors (Lipinski definition) is 0. The van der Waals surface area contributed by atoms with Crippen LogP contribution in [0.4, 0.5) is 8.78 Å². The lowest BCUT2D eigenvalue weighted by Crippen LogP contribution is -2.46. The van der Waals surface area contributed by atoms with Crippen LogP contribution in [0.3, 0.4) is 0 Å². The van der Waals surface area contributed by atoms with E-state index in [-0.39, 0.29) is 17.6 Å². The van der Waals surface area contributed by atoms with Gasteiger partial charge in [0.25, 0.3) is 0 Å². The number of benzene rings is 3. The minimum Gasteiger partial charge on any atom is -0.494 e. The molecule has 1 heterocycles. The van der Waals surface area contributed by atoms with Gasteiger partial charge in [-0.2, -0.15) is 10.5 Å². The van der Waals surface area contributed by atoms with Crippen LogP contribution < -0.4 is 4.74 Å². The maximum Gasteiger partial charge on any atom is 0.123 e. The zero-order chi connectivity index (χ0) is 24.7. The molecule has 4 nitrogen and oxygen atoms in total. The van der Waals surface area contributed by atoms with Gasteiger partial charge in [-0.15, -0.1) is 0 Å². The molecule has 1 aliphatic heterocycles. The molecule has 35 heavy (non-hydrogen) atoms. The number of likely N-dealkylation sites (tertiary alicyclic amines) is 1. The summed E-state index contributed by atoms with van der Waals surface area (Å²) in [5.74, 6) is -0.00675. The highest BCUT2D eigenvalue weighted by molar-refractivity contribution is 5.47. The van der Waals surface area contributed by atoms with Gasteiger partial charge in [0.1, 0.15) is 22.8 Å². The third-order valence-electron chi connectivity index (χ3n) is 6.76. The van der Waals surface area contributed by atoms with Crippen molar-refractivity contribution in [3.63, 3.8) is 0 Å². The fourth-order valence-corrected chi connectivity index (χ4v) is 5.00. The molecule has 4 rings (SSSR count). The zero-order valence-corrected chi connectivity index (χ0v) is 19.5. The summed E-state index contributed by atoms with van der Waals surface area (Å²) in [5.41, 5.74) is 1.05. The molecular formula is C29H27F2N3O. The smallest absolute Gasteiger partial charge is 0.123 e. The van der Waals surface area contributed by atoms with Crippen LogP contribution in [0.2, 0.25) is 0 Å². The molecule has 6 heteroatoms. The van der Waals surface area contributed by atoms with Crippen LogP contribution in [0.5, 0.6) is 5.75 Å². The first-order valence-corrected chi connectivity index (χ1v) is 11.8. The van der Waals surface area contributed by atoms with Gasteiger partial charge in [0.05, 0.1) is 24.3 Å². The number of hydrogen-bond acceptors (Lipinski definition) is 4. The molecule has 0 aromatic heterocycles. The summed E-state index contributed by atoms with van der Waals surface area (Å²) in [6.07, 6.45) is 2.60. The molecule has 1 atom stereocenters. The van der Waals surface area contributed by atoms with Crippen molar-refractivity contribution in [3.05, 3.63) is 101 Å². The largest absolute Gasteiger partial charge is 0.494 e. The van der Waals surface area contributed by atoms with Crippen molar-refractivity contribution in [2.45, 2.75) is 24.7 Å². The van der Waals surface area contributed by atoms with Crippen LogP contribution >= 0.6 is 0 Å². The maximum atomic E-state index is 13.7. The van der Waals surface area contributed by atoms with Gasteiger partial charge in [-0.3, -0.25) is 0 Å². The van der Waals surface area contributed by atoms with Crippen LogP contribution in [-0.2, 0) is 5.41 Å². The predicted molar refractivity (Wildman–Crippen MR) is 130 cm³/mol. The third-order valence-corrected chi connectivity index (χ3v) is 6.76. The van der Waals surface area contributed by atoms with E-state index in [1.807, 2.05) is 0 Å². The van der Waals surface area contributed by atoms with E-state index in [1.54, 1.807) is 48.5 Å². The summed E-state index contributed by atoms with van der Waals surface area (Å²) in [6.45, 7) is 3.01. The highest BCUT2D eigenvalue weighted by atomic mass is 19.1. The molecule has 3 aromatic rings. The van der Waals surface area contributed by atoms with E-state index in [0.717, 1.165) is 49.2 Å². The summed E-state index contributed by atoms with van der Waals surface area (Å²) >= 11 is 0. The van der Waals surface area contributed by atoms with Gasteiger partial charge in [0, 0.05) is 13.1 Å². The van der Waals surface area contributed by atoms with Crippen LogP contribution in [0.1, 0.15) is 36.0 Å². The topological polar surface area (TPSA) is 60.0 Å². The van der Waals surface area contributed by atoms with Crippen molar-refractivity contribution < 1.29 is 13.5 Å². The minimum absolute atomic E-state index is 0.0309. The molecule has 0 aliphatic carbocycles. The lowest BCUT2D eigenvalue weighted by molar-refractivity contribution is 0.138. The molecule has 0 spiro atoms. The Morgan fingerprint density at radius 3 is 2.03 bits per heavy atom. The van der Waals surface area contributed by atoms with Crippen molar-refractivity contribution in [1.29, 1.82) is 10.5 Å². The molecule has 178 valence electrons. The zero-order valence-electron chi connectivity index (χ0n) is 19.5. The van der Waals surface area contributed by atoms with Crippen molar-refractivity contribution in [1.82, 2.24) is 4.90 Å². The van der Waals surface area contributed by atoms with Gasteiger partial charge in [0.2, 0.25) is 0 Å². The van der Waals surface area contributed by atoms with Gasteiger partial charge in [-0.05, 0) is 91.4 Å². The molecule has 0 radical (unpaired) electrons. The van der Waals surface area contributed by atoms with E-state index in [4.69, 9.17) is 10.00 Å². The predicted octanol–water partition coefficient (Wildman–Crippen LogP) is 5.83. The second-order valence-corrected chi connectivity index (χ2v) is 8.91. The highest BCUT2D eigenvalue weighted by Crippen LogP contribution is 2.43. The summed E-state index contributed by atoms with van der Waals surface area (Å²) in [5, 5.41) is 19.4. The first kappa shape index (κ1) is 24.4. The Balaban J connectivity index is 1.48. The van der Waals surface area contributed by atoms with Gasteiger partial charge in [0.15, 0.2) is 0 Å². The number of halogens is 2. The van der Waals surface area contributed by atoms with Gasteiger partial charge in [-0.1, -0.05) is 24.3 Å². The number of rotatable bonds is 8. The van der Waals surface area contributed by atoms with Crippen molar-refractivity contribution >= 4 is 0 Å². The number of ether oxygens (including phenoxy) is 1. The van der Waals surface area contributed by atoms with E-state index in [2.05, 4.69) is 17.0 Å². The highest BCUT2D eigenvalue weighted by Gasteiger charge is 2.44. The lowest BCUT2D eigenvalue weighted by atomic mass is 9.64. The first-order chi connectivity index (χ1) is 17.0. The molecule has 0 bridgehead atoms. The quantitative estimate of drug-likeness (QED) is 0.388. The fraction of sp³-hybridized carbons (Fsp3) is 0.310. The second-order valence-electron chi connectivity index (χ2n) is 8.91. The minimum atomic E-state index is -1.00. The van der Waals surface area contributed by atoms with Gasteiger partial charge < -0.3 is 9.64 Å². The third kappa shape index (κ3) is 5.50. The molecule has 0 amide bonds. The van der Waals surface area contributed by atoms with Gasteiger partial charge >= 0.3 is 0 Å². The maximum absolute atomic E-state index is 13.7. The Hall–Kier alpha value is -3.74. The van der Waals surface area contributed by atoms with Crippen LogP contribution in [0, 0.1) is 40.2 Å². The summed E-state index contributed by atoms with van der Waals surface area (Å²) in [4.78, 5) is 2.34. The normalized spacial score (nSPS) is 16.3. The van der Waals surface area contributed by atoms with Gasteiger partial charge in [-0.25, -0.2) is 8.78 Å². The second kappa shape index (κ2) is 11.1. The average molecular weight is 472 g/mol. The molecule has 1 fully saturated rings. The Bertz CT molecular complexity index is 1150. The van der Waals surface area contributed by atoms with E-state index in [9.17, 15) is 14.0 Å². The molecule has 0 saturated carbocycles.